The Labute approximate surface area is 181 Å². The van der Waals surface area contributed by atoms with Crippen LogP contribution < -0.4 is 10.9 Å². The monoisotopic (exact) mass is 433 g/mol. The third-order valence-corrected chi connectivity index (χ3v) is 6.11. The topological polar surface area (TPSA) is 90.3 Å². The molecular formula is C23H19N3O4S. The fourth-order valence-electron chi connectivity index (χ4n) is 3.30. The van der Waals surface area contributed by atoms with Crippen LogP contribution in [0, 0.1) is 6.92 Å². The molecule has 4 aromatic rings. The number of nitrogens with zero attached hydrogens (tertiary/aromatic N) is 2. The number of esters is 1. The minimum absolute atomic E-state index is 0.170. The number of methoxy groups -OCH3 is 1. The van der Waals surface area contributed by atoms with Crippen LogP contribution in [0.25, 0.3) is 20.7 Å². The first-order valence-electron chi connectivity index (χ1n) is 9.50. The molecule has 0 fully saturated rings. The van der Waals surface area contributed by atoms with Crippen molar-refractivity contribution in [2.45, 2.75) is 13.5 Å². The van der Waals surface area contributed by atoms with Gasteiger partial charge in [-0.05, 0) is 42.3 Å². The van der Waals surface area contributed by atoms with Crippen molar-refractivity contribution in [3.05, 3.63) is 82.4 Å². The number of hydrogen-bond donors (Lipinski definition) is 1. The first-order valence-corrected chi connectivity index (χ1v) is 10.3. The van der Waals surface area contributed by atoms with Crippen LogP contribution in [0.3, 0.4) is 0 Å². The highest BCUT2D eigenvalue weighted by Gasteiger charge is 2.17. The molecule has 0 saturated carbocycles. The first-order chi connectivity index (χ1) is 15.0. The predicted molar refractivity (Wildman–Crippen MR) is 120 cm³/mol. The summed E-state index contributed by atoms with van der Waals surface area (Å²) in [5, 5.41) is 3.25. The zero-order chi connectivity index (χ0) is 22.0. The molecule has 2 heterocycles. The number of aromatic nitrogens is 2. The van der Waals surface area contributed by atoms with Gasteiger partial charge in [0, 0.05) is 10.6 Å². The molecule has 31 heavy (non-hydrogen) atoms. The fourth-order valence-corrected chi connectivity index (χ4v) is 4.44. The number of amides is 1. The number of nitrogens with one attached hydrogen (secondary N) is 1. The van der Waals surface area contributed by atoms with E-state index in [1.165, 1.54) is 29.3 Å². The van der Waals surface area contributed by atoms with Crippen LogP contribution in [0.4, 0.5) is 5.69 Å². The van der Waals surface area contributed by atoms with Crippen molar-refractivity contribution in [1.29, 1.82) is 0 Å². The lowest BCUT2D eigenvalue weighted by Crippen LogP contribution is -2.27. The van der Waals surface area contributed by atoms with Gasteiger partial charge in [0.1, 0.15) is 11.4 Å². The van der Waals surface area contributed by atoms with Gasteiger partial charge in [-0.15, -0.1) is 11.3 Å². The summed E-state index contributed by atoms with van der Waals surface area (Å²) in [4.78, 5) is 43.0. The lowest BCUT2D eigenvalue weighted by Gasteiger charge is -2.08. The largest absolute Gasteiger partial charge is 0.465 e. The van der Waals surface area contributed by atoms with Gasteiger partial charge in [0.15, 0.2) is 0 Å². The van der Waals surface area contributed by atoms with Crippen molar-refractivity contribution < 1.29 is 14.3 Å². The number of hydrogen-bond acceptors (Lipinski definition) is 6. The number of ether oxygens (including phenoxy) is 1. The molecule has 1 N–H and O–H groups in total. The molecule has 0 aliphatic heterocycles. The molecule has 0 spiro atoms. The summed E-state index contributed by atoms with van der Waals surface area (Å²) < 4.78 is 5.95. The maximum atomic E-state index is 13.0. The first kappa shape index (κ1) is 20.5. The highest BCUT2D eigenvalue weighted by atomic mass is 32.1. The van der Waals surface area contributed by atoms with Crippen LogP contribution >= 0.6 is 11.3 Å². The summed E-state index contributed by atoms with van der Waals surface area (Å²) in [5.74, 6) is -0.824. The zero-order valence-electron chi connectivity index (χ0n) is 16.9. The third-order valence-electron chi connectivity index (χ3n) is 4.86. The third kappa shape index (κ3) is 4.10. The van der Waals surface area contributed by atoms with Gasteiger partial charge in [0.25, 0.3) is 5.56 Å². The maximum absolute atomic E-state index is 13.0. The smallest absolute Gasteiger partial charge is 0.337 e. The quantitative estimate of drug-likeness (QED) is 0.483. The molecule has 0 atom stereocenters. The van der Waals surface area contributed by atoms with Gasteiger partial charge in [-0.2, -0.15) is 0 Å². The van der Waals surface area contributed by atoms with Crippen molar-refractivity contribution in [1.82, 2.24) is 9.55 Å². The number of thiophene rings is 1. The highest BCUT2D eigenvalue weighted by Crippen LogP contribution is 2.35. The molecule has 2 aromatic carbocycles. The number of fused-ring (bicyclic) bond motifs is 1. The molecule has 1 amide bonds. The molecule has 0 bridgehead atoms. The van der Waals surface area contributed by atoms with E-state index in [-0.39, 0.29) is 18.0 Å². The molecule has 7 nitrogen and oxygen atoms in total. The molecule has 4 rings (SSSR count). The Morgan fingerprint density at radius 1 is 1.10 bits per heavy atom. The van der Waals surface area contributed by atoms with E-state index in [0.717, 1.165) is 16.0 Å². The Morgan fingerprint density at radius 2 is 1.81 bits per heavy atom. The molecule has 0 aliphatic carbocycles. The minimum Gasteiger partial charge on any atom is -0.465 e. The molecule has 0 unspecified atom stereocenters. The summed E-state index contributed by atoms with van der Waals surface area (Å²) in [7, 11) is 1.30. The Hall–Kier alpha value is -3.78. The van der Waals surface area contributed by atoms with Crippen molar-refractivity contribution in [3.8, 4) is 10.4 Å². The Balaban J connectivity index is 1.56. The molecular weight excluding hydrogens is 414 g/mol. The Morgan fingerprint density at radius 3 is 2.48 bits per heavy atom. The molecule has 8 heteroatoms. The number of carbonyl (C=O) groups is 2. The lowest BCUT2D eigenvalue weighted by molar-refractivity contribution is -0.116. The van der Waals surface area contributed by atoms with Crippen LogP contribution in [0.5, 0.6) is 0 Å². The van der Waals surface area contributed by atoms with Crippen molar-refractivity contribution in [3.63, 3.8) is 0 Å². The molecule has 0 saturated heterocycles. The molecule has 0 aliphatic rings. The Bertz CT molecular complexity index is 1320. The predicted octanol–water partition coefficient (Wildman–Crippen LogP) is 3.86. The van der Waals surface area contributed by atoms with E-state index >= 15 is 0 Å². The van der Waals surface area contributed by atoms with Gasteiger partial charge in [0.05, 0.1) is 24.4 Å². The number of anilines is 1. The van der Waals surface area contributed by atoms with E-state index in [1.807, 2.05) is 37.3 Å². The maximum Gasteiger partial charge on any atom is 0.337 e. The van der Waals surface area contributed by atoms with E-state index in [1.54, 1.807) is 24.3 Å². The summed E-state index contributed by atoms with van der Waals surface area (Å²) in [6, 6.07) is 16.2. The van der Waals surface area contributed by atoms with Crippen LogP contribution in [0.1, 0.15) is 15.9 Å². The lowest BCUT2D eigenvalue weighted by atomic mass is 10.1. The van der Waals surface area contributed by atoms with Gasteiger partial charge in [-0.1, -0.05) is 30.3 Å². The Kier molecular flexibility index (Phi) is 5.64. The van der Waals surface area contributed by atoms with E-state index in [2.05, 4.69) is 15.0 Å². The van der Waals surface area contributed by atoms with Crippen molar-refractivity contribution in [2.24, 2.45) is 0 Å². The van der Waals surface area contributed by atoms with Crippen molar-refractivity contribution in [2.75, 3.05) is 12.4 Å². The van der Waals surface area contributed by atoms with Gasteiger partial charge < -0.3 is 10.1 Å². The summed E-state index contributed by atoms with van der Waals surface area (Å²) in [6.45, 7) is 1.73. The summed E-state index contributed by atoms with van der Waals surface area (Å²) in [6.07, 6.45) is 1.40. The number of benzene rings is 2. The molecule has 2 aromatic heterocycles. The van der Waals surface area contributed by atoms with Crippen LogP contribution in [-0.4, -0.2) is 28.5 Å². The summed E-state index contributed by atoms with van der Waals surface area (Å²) >= 11 is 1.46. The van der Waals surface area contributed by atoms with E-state index in [9.17, 15) is 14.4 Å². The summed E-state index contributed by atoms with van der Waals surface area (Å²) in [5.41, 5.74) is 2.53. The van der Waals surface area contributed by atoms with Crippen LogP contribution in [0.15, 0.2) is 65.7 Å². The van der Waals surface area contributed by atoms with Crippen LogP contribution in [0.2, 0.25) is 0 Å². The fraction of sp³-hybridized carbons (Fsp3) is 0.130. The van der Waals surface area contributed by atoms with Gasteiger partial charge in [-0.3, -0.25) is 14.2 Å². The standard InChI is InChI=1S/C23H19N3O4S/c1-14-19-21(31-20(14)15-6-4-3-5-7-15)24-13-26(22(19)28)12-18(27)25-17-10-8-16(9-11-17)23(29)30-2/h3-11,13H,12H2,1-2H3,(H,25,27). The second-order valence-corrected chi connectivity index (χ2v) is 7.90. The normalized spacial score (nSPS) is 10.8. The highest BCUT2D eigenvalue weighted by molar-refractivity contribution is 7.22. The van der Waals surface area contributed by atoms with Gasteiger partial charge in [-0.25, -0.2) is 9.78 Å². The number of aryl methyl sites for hydroxylation is 1. The molecule has 156 valence electrons. The second-order valence-electron chi connectivity index (χ2n) is 6.90. The second kappa shape index (κ2) is 8.53. The zero-order valence-corrected chi connectivity index (χ0v) is 17.7. The van der Waals surface area contributed by atoms with Gasteiger partial charge in [0.2, 0.25) is 5.91 Å². The van der Waals surface area contributed by atoms with E-state index < -0.39 is 5.97 Å². The van der Waals surface area contributed by atoms with E-state index in [4.69, 9.17) is 0 Å². The van der Waals surface area contributed by atoms with Crippen LogP contribution in [-0.2, 0) is 16.1 Å². The van der Waals surface area contributed by atoms with Gasteiger partial charge >= 0.3 is 5.97 Å². The van der Waals surface area contributed by atoms with Crippen molar-refractivity contribution >= 4 is 39.1 Å². The van der Waals surface area contributed by atoms with E-state index in [0.29, 0.717) is 21.5 Å². The average Bonchev–Trinajstić information content (AvgIpc) is 3.13. The minimum atomic E-state index is -0.454. The average molecular weight is 433 g/mol. The SMILES string of the molecule is COC(=O)c1ccc(NC(=O)Cn2cnc3sc(-c4ccccc4)c(C)c3c2=O)cc1. The molecule has 0 radical (unpaired) electrons. The number of carbonyl (C=O) groups excluding carboxylic acids is 2. The number of rotatable bonds is 5.